The first-order valence-electron chi connectivity index (χ1n) is 3.79. The van der Waals surface area contributed by atoms with E-state index in [9.17, 15) is 0 Å². The van der Waals surface area contributed by atoms with Gasteiger partial charge in [0, 0.05) is 12.1 Å². The SMILES string of the molecule is N[C@@H]1CCC[C@H](N)C1.O=CO. The number of nitrogens with two attached hydrogens (primary N) is 2. The molecule has 11 heavy (non-hydrogen) atoms. The Morgan fingerprint density at radius 3 is 1.82 bits per heavy atom. The average molecular weight is 160 g/mol. The highest BCUT2D eigenvalue weighted by Crippen LogP contribution is 2.14. The van der Waals surface area contributed by atoms with Gasteiger partial charge in [0.15, 0.2) is 0 Å². The van der Waals surface area contributed by atoms with E-state index in [1.54, 1.807) is 0 Å². The van der Waals surface area contributed by atoms with Gasteiger partial charge in [-0.15, -0.1) is 0 Å². The Balaban J connectivity index is 0.000000292. The monoisotopic (exact) mass is 160 g/mol. The van der Waals surface area contributed by atoms with Gasteiger partial charge in [-0.3, -0.25) is 4.79 Å². The molecule has 2 atom stereocenters. The van der Waals surface area contributed by atoms with Crippen LogP contribution < -0.4 is 11.5 Å². The van der Waals surface area contributed by atoms with Crippen molar-refractivity contribution in [3.05, 3.63) is 0 Å². The van der Waals surface area contributed by atoms with E-state index < -0.39 is 0 Å². The summed E-state index contributed by atoms with van der Waals surface area (Å²) in [6.45, 7) is -0.250. The first-order valence-corrected chi connectivity index (χ1v) is 3.79. The van der Waals surface area contributed by atoms with Crippen LogP contribution in [-0.4, -0.2) is 23.7 Å². The lowest BCUT2D eigenvalue weighted by atomic mass is 9.92. The molecule has 0 amide bonds. The van der Waals surface area contributed by atoms with Crippen molar-refractivity contribution in [3.63, 3.8) is 0 Å². The molecule has 0 spiro atoms. The van der Waals surface area contributed by atoms with E-state index >= 15 is 0 Å². The van der Waals surface area contributed by atoms with Crippen LogP contribution in [0.3, 0.4) is 0 Å². The zero-order valence-electron chi connectivity index (χ0n) is 6.57. The maximum absolute atomic E-state index is 8.36. The van der Waals surface area contributed by atoms with Crippen LogP contribution in [0.15, 0.2) is 0 Å². The molecule has 0 bridgehead atoms. The Hall–Kier alpha value is -0.610. The highest BCUT2D eigenvalue weighted by Gasteiger charge is 2.14. The smallest absolute Gasteiger partial charge is 0.290 e. The van der Waals surface area contributed by atoms with Crippen LogP contribution in [-0.2, 0) is 4.79 Å². The highest BCUT2D eigenvalue weighted by atomic mass is 16.3. The summed E-state index contributed by atoms with van der Waals surface area (Å²) in [6.07, 6.45) is 4.60. The van der Waals surface area contributed by atoms with Crippen molar-refractivity contribution in [1.82, 2.24) is 0 Å². The molecule has 1 aliphatic rings. The second-order valence-corrected chi connectivity index (χ2v) is 2.79. The fraction of sp³-hybridized carbons (Fsp3) is 0.857. The van der Waals surface area contributed by atoms with E-state index in [0.29, 0.717) is 12.1 Å². The predicted molar refractivity (Wildman–Crippen MR) is 43.1 cm³/mol. The van der Waals surface area contributed by atoms with Gasteiger partial charge in [0.05, 0.1) is 0 Å². The Morgan fingerprint density at radius 1 is 1.27 bits per heavy atom. The molecule has 1 rings (SSSR count). The minimum absolute atomic E-state index is 0.250. The van der Waals surface area contributed by atoms with Crippen LogP contribution in [0.4, 0.5) is 0 Å². The summed E-state index contributed by atoms with van der Waals surface area (Å²) in [5.41, 5.74) is 11.3. The molecule has 0 radical (unpaired) electrons. The molecule has 1 fully saturated rings. The molecular formula is C7H16N2O2. The summed E-state index contributed by atoms with van der Waals surface area (Å²) in [4.78, 5) is 8.36. The summed E-state index contributed by atoms with van der Waals surface area (Å²) >= 11 is 0. The number of carbonyl (C=O) groups is 1. The molecule has 0 aromatic carbocycles. The molecule has 66 valence electrons. The van der Waals surface area contributed by atoms with E-state index in [0.717, 1.165) is 6.42 Å². The van der Waals surface area contributed by atoms with E-state index in [1.165, 1.54) is 19.3 Å². The predicted octanol–water partition coefficient (Wildman–Crippen LogP) is -0.0842. The zero-order chi connectivity index (χ0) is 8.69. The van der Waals surface area contributed by atoms with Crippen molar-refractivity contribution < 1.29 is 9.90 Å². The minimum Gasteiger partial charge on any atom is -0.483 e. The van der Waals surface area contributed by atoms with Crippen molar-refractivity contribution in [2.24, 2.45) is 11.5 Å². The zero-order valence-corrected chi connectivity index (χ0v) is 6.57. The van der Waals surface area contributed by atoms with E-state index in [1.807, 2.05) is 0 Å². The van der Waals surface area contributed by atoms with Crippen molar-refractivity contribution in [3.8, 4) is 0 Å². The molecule has 4 nitrogen and oxygen atoms in total. The van der Waals surface area contributed by atoms with Crippen molar-refractivity contribution in [2.45, 2.75) is 37.8 Å². The molecule has 5 N–H and O–H groups in total. The molecule has 1 aliphatic carbocycles. The van der Waals surface area contributed by atoms with Gasteiger partial charge in [0.25, 0.3) is 6.47 Å². The summed E-state index contributed by atoms with van der Waals surface area (Å²) in [5.74, 6) is 0. The lowest BCUT2D eigenvalue weighted by Gasteiger charge is -2.22. The van der Waals surface area contributed by atoms with Crippen LogP contribution in [0.1, 0.15) is 25.7 Å². The molecular weight excluding hydrogens is 144 g/mol. The van der Waals surface area contributed by atoms with E-state index in [2.05, 4.69) is 0 Å². The molecule has 4 heteroatoms. The second-order valence-electron chi connectivity index (χ2n) is 2.79. The number of hydrogen-bond donors (Lipinski definition) is 3. The number of hydrogen-bond acceptors (Lipinski definition) is 3. The third-order valence-electron chi connectivity index (χ3n) is 1.76. The molecule has 0 saturated heterocycles. The van der Waals surface area contributed by atoms with Gasteiger partial charge in [0.1, 0.15) is 0 Å². The molecule has 0 heterocycles. The van der Waals surface area contributed by atoms with Crippen LogP contribution >= 0.6 is 0 Å². The minimum atomic E-state index is -0.250. The first kappa shape index (κ1) is 10.4. The normalized spacial score (nSPS) is 30.0. The Kier molecular flexibility index (Phi) is 5.78. The van der Waals surface area contributed by atoms with Gasteiger partial charge >= 0.3 is 0 Å². The number of carboxylic acid groups (broad SMARTS) is 1. The van der Waals surface area contributed by atoms with Crippen LogP contribution in [0.5, 0.6) is 0 Å². The topological polar surface area (TPSA) is 89.3 Å². The average Bonchev–Trinajstić information content (AvgIpc) is 1.88. The van der Waals surface area contributed by atoms with Gasteiger partial charge in [-0.2, -0.15) is 0 Å². The highest BCUT2D eigenvalue weighted by molar-refractivity contribution is 5.32. The lowest BCUT2D eigenvalue weighted by Crippen LogP contribution is -2.35. The van der Waals surface area contributed by atoms with Crippen molar-refractivity contribution in [2.75, 3.05) is 0 Å². The summed E-state index contributed by atoms with van der Waals surface area (Å²) in [7, 11) is 0. The molecule has 0 unspecified atom stereocenters. The molecule has 0 aliphatic heterocycles. The van der Waals surface area contributed by atoms with E-state index in [-0.39, 0.29) is 6.47 Å². The van der Waals surface area contributed by atoms with Gasteiger partial charge in [0.2, 0.25) is 0 Å². The van der Waals surface area contributed by atoms with Gasteiger partial charge in [-0.05, 0) is 19.3 Å². The molecule has 0 aromatic heterocycles. The first-order chi connectivity index (χ1) is 5.20. The Morgan fingerprint density at radius 2 is 1.64 bits per heavy atom. The van der Waals surface area contributed by atoms with Crippen LogP contribution in [0.25, 0.3) is 0 Å². The summed E-state index contributed by atoms with van der Waals surface area (Å²) in [6, 6.07) is 0.775. The van der Waals surface area contributed by atoms with E-state index in [4.69, 9.17) is 21.4 Å². The lowest BCUT2D eigenvalue weighted by molar-refractivity contribution is -0.122. The third-order valence-corrected chi connectivity index (χ3v) is 1.76. The second kappa shape index (κ2) is 6.12. The van der Waals surface area contributed by atoms with Crippen molar-refractivity contribution >= 4 is 6.47 Å². The largest absolute Gasteiger partial charge is 0.483 e. The fourth-order valence-electron chi connectivity index (χ4n) is 1.27. The maximum Gasteiger partial charge on any atom is 0.290 e. The van der Waals surface area contributed by atoms with Crippen LogP contribution in [0, 0.1) is 0 Å². The Labute approximate surface area is 66.6 Å². The summed E-state index contributed by atoms with van der Waals surface area (Å²) in [5, 5.41) is 6.89. The van der Waals surface area contributed by atoms with Gasteiger partial charge in [-0.1, -0.05) is 6.42 Å². The summed E-state index contributed by atoms with van der Waals surface area (Å²) < 4.78 is 0. The van der Waals surface area contributed by atoms with Gasteiger partial charge < -0.3 is 16.6 Å². The third kappa shape index (κ3) is 5.82. The van der Waals surface area contributed by atoms with Crippen molar-refractivity contribution in [1.29, 1.82) is 0 Å². The quantitative estimate of drug-likeness (QED) is 0.432. The maximum atomic E-state index is 8.36. The fourth-order valence-corrected chi connectivity index (χ4v) is 1.27. The molecule has 0 aromatic rings. The van der Waals surface area contributed by atoms with Crippen LogP contribution in [0.2, 0.25) is 0 Å². The number of rotatable bonds is 0. The Bertz CT molecular complexity index is 101. The molecule has 1 saturated carbocycles. The standard InChI is InChI=1S/C6H14N2.CH2O2/c7-5-2-1-3-6(8)4-5;2-1-3/h5-6H,1-4,7-8H2;1H,(H,2,3)/t5-,6+;. The van der Waals surface area contributed by atoms with Gasteiger partial charge in [-0.25, -0.2) is 0 Å².